The Balaban J connectivity index is 1.45. The third kappa shape index (κ3) is 6.47. The molecule has 7 heteroatoms. The summed E-state index contributed by atoms with van der Waals surface area (Å²) in [6, 6.07) is 11.6. The molecule has 1 fully saturated rings. The van der Waals surface area contributed by atoms with Crippen molar-refractivity contribution in [3.8, 4) is 5.88 Å². The van der Waals surface area contributed by atoms with Crippen LogP contribution in [0.5, 0.6) is 5.88 Å². The molecule has 0 unspecified atom stereocenters. The van der Waals surface area contributed by atoms with Gasteiger partial charge in [0.05, 0.1) is 0 Å². The van der Waals surface area contributed by atoms with Crippen molar-refractivity contribution in [1.82, 2.24) is 20.9 Å². The van der Waals surface area contributed by atoms with Crippen LogP contribution in [-0.2, 0) is 13.0 Å². The van der Waals surface area contributed by atoms with E-state index in [4.69, 9.17) is 4.74 Å². The number of benzene rings is 1. The molecule has 0 bridgehead atoms. The molecule has 1 amide bonds. The topological polar surface area (TPSA) is 87.6 Å². The Morgan fingerprint density at radius 2 is 2.00 bits per heavy atom. The molecule has 1 saturated carbocycles. The number of rotatable bonds is 8. The van der Waals surface area contributed by atoms with Gasteiger partial charge < -0.3 is 20.7 Å². The predicted octanol–water partition coefficient (Wildman–Crippen LogP) is 2.67. The third-order valence-corrected chi connectivity index (χ3v) is 5.19. The molecule has 1 aliphatic carbocycles. The van der Waals surface area contributed by atoms with Crippen molar-refractivity contribution in [2.45, 2.75) is 44.8 Å². The van der Waals surface area contributed by atoms with Crippen molar-refractivity contribution >= 4 is 11.9 Å². The molecular formula is C23H31N5O2. The fraction of sp³-hybridized carbons (Fsp3) is 0.435. The van der Waals surface area contributed by atoms with E-state index in [-0.39, 0.29) is 5.91 Å². The Hall–Kier alpha value is -3.09. The minimum Gasteiger partial charge on any atom is -0.474 e. The highest BCUT2D eigenvalue weighted by Gasteiger charge is 2.17. The first kappa shape index (κ1) is 21.6. The summed E-state index contributed by atoms with van der Waals surface area (Å²) in [6.45, 7) is 1.35. The Bertz CT molecular complexity index is 862. The minimum absolute atomic E-state index is 0.0732. The van der Waals surface area contributed by atoms with Gasteiger partial charge in [0.1, 0.15) is 6.10 Å². The number of guanidine groups is 1. The molecule has 1 aromatic carbocycles. The highest BCUT2D eigenvalue weighted by atomic mass is 16.5. The van der Waals surface area contributed by atoms with Gasteiger partial charge in [0.15, 0.2) is 5.96 Å². The number of hydrogen-bond donors (Lipinski definition) is 3. The van der Waals surface area contributed by atoms with Gasteiger partial charge in [0.2, 0.25) is 5.88 Å². The number of carbonyl (C=O) groups excluding carboxylic acids is 1. The normalized spacial score (nSPS) is 14.4. The lowest BCUT2D eigenvalue weighted by molar-refractivity contribution is 0.0963. The molecule has 2 aromatic rings. The zero-order valence-corrected chi connectivity index (χ0v) is 17.8. The lowest BCUT2D eigenvalue weighted by Gasteiger charge is -2.14. The smallest absolute Gasteiger partial charge is 0.251 e. The molecule has 1 aliphatic rings. The summed E-state index contributed by atoms with van der Waals surface area (Å²) in [5.74, 6) is 1.35. The van der Waals surface area contributed by atoms with E-state index in [0.29, 0.717) is 30.6 Å². The van der Waals surface area contributed by atoms with Crippen molar-refractivity contribution in [3.63, 3.8) is 0 Å². The molecule has 7 nitrogen and oxygen atoms in total. The van der Waals surface area contributed by atoms with Crippen molar-refractivity contribution < 1.29 is 9.53 Å². The summed E-state index contributed by atoms with van der Waals surface area (Å²) >= 11 is 0. The van der Waals surface area contributed by atoms with Gasteiger partial charge in [-0.1, -0.05) is 12.1 Å². The van der Waals surface area contributed by atoms with E-state index in [9.17, 15) is 4.79 Å². The van der Waals surface area contributed by atoms with Crippen LogP contribution in [0.15, 0.2) is 47.6 Å². The second-order valence-corrected chi connectivity index (χ2v) is 7.41. The van der Waals surface area contributed by atoms with Crippen LogP contribution in [0.25, 0.3) is 0 Å². The largest absolute Gasteiger partial charge is 0.474 e. The lowest BCUT2D eigenvalue weighted by Crippen LogP contribution is -2.37. The molecular weight excluding hydrogens is 378 g/mol. The van der Waals surface area contributed by atoms with Crippen LogP contribution in [0.4, 0.5) is 0 Å². The first-order valence-electron chi connectivity index (χ1n) is 10.5. The van der Waals surface area contributed by atoms with Gasteiger partial charge in [0.25, 0.3) is 5.91 Å². The molecule has 0 saturated heterocycles. The summed E-state index contributed by atoms with van der Waals surface area (Å²) in [7, 11) is 3.39. The molecule has 1 heterocycles. The van der Waals surface area contributed by atoms with E-state index in [0.717, 1.165) is 36.3 Å². The summed E-state index contributed by atoms with van der Waals surface area (Å²) in [5, 5.41) is 9.29. The van der Waals surface area contributed by atoms with Crippen LogP contribution in [0, 0.1) is 0 Å². The number of aliphatic imine (C=N–C) groups is 1. The number of hydrogen-bond acceptors (Lipinski definition) is 4. The van der Waals surface area contributed by atoms with E-state index in [1.54, 1.807) is 20.3 Å². The maximum Gasteiger partial charge on any atom is 0.251 e. The summed E-state index contributed by atoms with van der Waals surface area (Å²) in [5.41, 5.74) is 2.87. The number of pyridine rings is 1. The van der Waals surface area contributed by atoms with Gasteiger partial charge in [-0.2, -0.15) is 0 Å². The molecule has 0 atom stereocenters. The molecule has 3 rings (SSSR count). The first-order valence-corrected chi connectivity index (χ1v) is 10.5. The summed E-state index contributed by atoms with van der Waals surface area (Å²) < 4.78 is 5.98. The number of nitrogens with one attached hydrogen (secondary N) is 3. The van der Waals surface area contributed by atoms with Crippen LogP contribution >= 0.6 is 0 Å². The lowest BCUT2D eigenvalue weighted by atomic mass is 10.1. The third-order valence-electron chi connectivity index (χ3n) is 5.19. The number of amides is 1. The van der Waals surface area contributed by atoms with Crippen molar-refractivity contribution in [2.24, 2.45) is 4.99 Å². The average molecular weight is 410 g/mol. The predicted molar refractivity (Wildman–Crippen MR) is 119 cm³/mol. The zero-order valence-electron chi connectivity index (χ0n) is 17.8. The van der Waals surface area contributed by atoms with Gasteiger partial charge >= 0.3 is 0 Å². The summed E-state index contributed by atoms with van der Waals surface area (Å²) in [6.07, 6.45) is 7.60. The molecule has 0 spiro atoms. The van der Waals surface area contributed by atoms with E-state index in [1.807, 2.05) is 36.4 Å². The highest BCUT2D eigenvalue weighted by Crippen LogP contribution is 2.23. The van der Waals surface area contributed by atoms with Gasteiger partial charge in [-0.15, -0.1) is 0 Å². The second kappa shape index (κ2) is 11.2. The van der Waals surface area contributed by atoms with Gasteiger partial charge in [-0.25, -0.2) is 4.98 Å². The first-order chi connectivity index (χ1) is 14.7. The second-order valence-electron chi connectivity index (χ2n) is 7.41. The van der Waals surface area contributed by atoms with E-state index < -0.39 is 0 Å². The van der Waals surface area contributed by atoms with Crippen LogP contribution in [0.3, 0.4) is 0 Å². The van der Waals surface area contributed by atoms with Gasteiger partial charge in [-0.05, 0) is 61.4 Å². The quantitative estimate of drug-likeness (QED) is 0.461. The molecule has 160 valence electrons. The average Bonchev–Trinajstić information content (AvgIpc) is 3.29. The van der Waals surface area contributed by atoms with Crippen molar-refractivity contribution in [1.29, 1.82) is 0 Å². The number of aromatic nitrogens is 1. The maximum absolute atomic E-state index is 11.8. The number of ether oxygens (including phenoxy) is 1. The number of carbonyl (C=O) groups is 1. The van der Waals surface area contributed by atoms with Crippen molar-refractivity contribution in [3.05, 3.63) is 59.3 Å². The van der Waals surface area contributed by atoms with E-state index in [1.165, 1.54) is 12.8 Å². The fourth-order valence-corrected chi connectivity index (χ4v) is 3.55. The number of nitrogens with zero attached hydrogens (tertiary/aromatic N) is 2. The molecule has 30 heavy (non-hydrogen) atoms. The minimum atomic E-state index is -0.0732. The SMILES string of the molecule is CN=C(NCCc1cccc(C(=O)NC)c1)NCc1ccnc(OC2CCCC2)c1. The monoisotopic (exact) mass is 409 g/mol. The van der Waals surface area contributed by atoms with Crippen LogP contribution in [0.1, 0.15) is 47.2 Å². The fourth-order valence-electron chi connectivity index (χ4n) is 3.55. The highest BCUT2D eigenvalue weighted by molar-refractivity contribution is 5.94. The van der Waals surface area contributed by atoms with Crippen LogP contribution < -0.4 is 20.7 Å². The Morgan fingerprint density at radius 1 is 1.17 bits per heavy atom. The molecule has 0 radical (unpaired) electrons. The standard InChI is InChI=1S/C23H31N5O2/c1-24-22(29)19-7-5-6-17(14-19)10-13-27-23(25-2)28-16-18-11-12-26-21(15-18)30-20-8-3-4-9-20/h5-7,11-12,14-15,20H,3-4,8-10,13,16H2,1-2H3,(H,24,29)(H2,25,27,28). The van der Waals surface area contributed by atoms with Gasteiger partial charge in [0, 0.05) is 45.0 Å². The molecule has 1 aromatic heterocycles. The molecule has 3 N–H and O–H groups in total. The maximum atomic E-state index is 11.8. The van der Waals surface area contributed by atoms with Crippen molar-refractivity contribution in [2.75, 3.05) is 20.6 Å². The Labute approximate surface area is 178 Å². The molecule has 0 aliphatic heterocycles. The Kier molecular flexibility index (Phi) is 8.06. The van der Waals surface area contributed by atoms with Crippen LogP contribution in [-0.4, -0.2) is 43.6 Å². The van der Waals surface area contributed by atoms with E-state index in [2.05, 4.69) is 25.9 Å². The van der Waals surface area contributed by atoms with E-state index >= 15 is 0 Å². The Morgan fingerprint density at radius 3 is 2.77 bits per heavy atom. The van der Waals surface area contributed by atoms with Gasteiger partial charge in [-0.3, -0.25) is 9.79 Å². The summed E-state index contributed by atoms with van der Waals surface area (Å²) in [4.78, 5) is 20.4. The van der Waals surface area contributed by atoms with Crippen LogP contribution in [0.2, 0.25) is 0 Å². The zero-order chi connectivity index (χ0) is 21.2.